The van der Waals surface area contributed by atoms with Crippen molar-refractivity contribution in [3.05, 3.63) is 40.9 Å². The van der Waals surface area contributed by atoms with Gasteiger partial charge in [-0.15, -0.1) is 0 Å². The molecule has 0 aromatic carbocycles. The molecule has 3 rings (SSSR count). The molecule has 2 aromatic rings. The lowest BCUT2D eigenvalue weighted by Gasteiger charge is -2.43. The Labute approximate surface area is 188 Å². The van der Waals surface area contributed by atoms with E-state index in [4.69, 9.17) is 17.0 Å². The Morgan fingerprint density at radius 2 is 2.12 bits per heavy atom. The number of nitrogens with one attached hydrogen (secondary N) is 3. The number of carbonyl (C=O) groups is 1. The number of nitrogens with zero attached hydrogens (tertiary/aromatic N) is 5. The van der Waals surface area contributed by atoms with E-state index in [2.05, 4.69) is 30.8 Å². The fraction of sp³-hybridized carbons (Fsp3) is 0.400. The monoisotopic (exact) mass is 464 g/mol. The molecule has 3 heterocycles. The lowest BCUT2D eigenvalue weighted by Crippen LogP contribution is -2.57. The van der Waals surface area contributed by atoms with E-state index in [1.165, 1.54) is 18.6 Å². The summed E-state index contributed by atoms with van der Waals surface area (Å²) in [5, 5.41) is 14.2. The van der Waals surface area contributed by atoms with Gasteiger partial charge in [-0.1, -0.05) is 18.5 Å². The molecule has 2 aromatic heterocycles. The van der Waals surface area contributed by atoms with Crippen LogP contribution in [-0.2, 0) is 0 Å². The summed E-state index contributed by atoms with van der Waals surface area (Å²) >= 11 is 5.80. The summed E-state index contributed by atoms with van der Waals surface area (Å²) in [6.07, 6.45) is 4.64. The van der Waals surface area contributed by atoms with Gasteiger partial charge in [0.1, 0.15) is 0 Å². The summed E-state index contributed by atoms with van der Waals surface area (Å²) in [6.45, 7) is 2.82. The van der Waals surface area contributed by atoms with Crippen LogP contribution in [0.3, 0.4) is 0 Å². The Hall–Kier alpha value is -3.21. The fourth-order valence-electron chi connectivity index (χ4n) is 3.57. The number of hydrazone groups is 1. The minimum absolute atomic E-state index is 0.0234. The van der Waals surface area contributed by atoms with Crippen molar-refractivity contribution < 1.29 is 13.6 Å². The first-order valence-electron chi connectivity index (χ1n) is 9.86. The predicted octanol–water partition coefficient (Wildman–Crippen LogP) is 3.48. The number of amides is 1. The van der Waals surface area contributed by atoms with Gasteiger partial charge in [0.15, 0.2) is 5.69 Å². The Bertz CT molecular complexity index is 1000. The average Bonchev–Trinajstić information content (AvgIpc) is 2.74. The average molecular weight is 465 g/mol. The molecule has 0 saturated carbocycles. The highest BCUT2D eigenvalue weighted by Crippen LogP contribution is 2.35. The van der Waals surface area contributed by atoms with E-state index in [0.717, 1.165) is 11.1 Å². The molecular formula is C20H23ClF2N8O. The number of piperidine rings is 1. The van der Waals surface area contributed by atoms with Gasteiger partial charge in [-0.2, -0.15) is 5.10 Å². The Morgan fingerprint density at radius 1 is 1.41 bits per heavy atom. The van der Waals surface area contributed by atoms with Crippen LogP contribution < -0.4 is 10.7 Å². The van der Waals surface area contributed by atoms with Crippen LogP contribution in [0.5, 0.6) is 0 Å². The zero-order valence-corrected chi connectivity index (χ0v) is 18.3. The van der Waals surface area contributed by atoms with E-state index in [-0.39, 0.29) is 30.3 Å². The first-order chi connectivity index (χ1) is 15.2. The van der Waals surface area contributed by atoms with Crippen LogP contribution in [0.15, 0.2) is 29.6 Å². The van der Waals surface area contributed by atoms with Crippen LogP contribution in [0.1, 0.15) is 29.5 Å². The number of pyridine rings is 1. The molecule has 0 bridgehead atoms. The summed E-state index contributed by atoms with van der Waals surface area (Å²) in [5.74, 6) is -3.89. The smallest absolute Gasteiger partial charge is 0.275 e. The summed E-state index contributed by atoms with van der Waals surface area (Å²) in [5.41, 5.74) is 3.43. The second kappa shape index (κ2) is 9.94. The number of hydrogen-bond acceptors (Lipinski definition) is 8. The third kappa shape index (κ3) is 5.72. The molecule has 1 amide bonds. The summed E-state index contributed by atoms with van der Waals surface area (Å²) in [7, 11) is 0. The predicted molar refractivity (Wildman–Crippen MR) is 119 cm³/mol. The number of rotatable bonds is 7. The van der Waals surface area contributed by atoms with Gasteiger partial charge in [0, 0.05) is 24.9 Å². The van der Waals surface area contributed by atoms with Gasteiger partial charge in [-0.3, -0.25) is 10.2 Å². The number of alkyl halides is 2. The Kier molecular flexibility index (Phi) is 7.29. The van der Waals surface area contributed by atoms with Crippen molar-refractivity contribution in [3.63, 3.8) is 0 Å². The molecule has 0 spiro atoms. The van der Waals surface area contributed by atoms with Crippen molar-refractivity contribution in [3.8, 4) is 0 Å². The third-order valence-electron chi connectivity index (χ3n) is 5.00. The van der Waals surface area contributed by atoms with E-state index < -0.39 is 30.3 Å². The molecule has 2 unspecified atom stereocenters. The minimum atomic E-state index is -3.03. The van der Waals surface area contributed by atoms with Gasteiger partial charge in [0.05, 0.1) is 41.9 Å². The van der Waals surface area contributed by atoms with Crippen LogP contribution in [0, 0.1) is 18.3 Å². The van der Waals surface area contributed by atoms with Crippen molar-refractivity contribution in [1.82, 2.24) is 19.9 Å². The van der Waals surface area contributed by atoms with E-state index in [1.807, 2.05) is 0 Å². The summed E-state index contributed by atoms with van der Waals surface area (Å²) < 4.78 is 28.9. The van der Waals surface area contributed by atoms with Crippen LogP contribution in [-0.4, -0.2) is 63.2 Å². The third-order valence-corrected chi connectivity index (χ3v) is 5.20. The number of aryl methyl sites for hydroxylation is 1. The molecular weight excluding hydrogens is 442 g/mol. The zero-order valence-electron chi connectivity index (χ0n) is 17.5. The number of anilines is 2. The van der Waals surface area contributed by atoms with Gasteiger partial charge in [-0.25, -0.2) is 23.7 Å². The van der Waals surface area contributed by atoms with E-state index in [9.17, 15) is 13.6 Å². The number of hydrogen-bond donors (Lipinski definition) is 3. The first-order valence-corrected chi connectivity index (χ1v) is 10.2. The van der Waals surface area contributed by atoms with Gasteiger partial charge in [0.2, 0.25) is 5.95 Å². The molecule has 32 heavy (non-hydrogen) atoms. The number of halogens is 3. The second-order valence-corrected chi connectivity index (χ2v) is 7.99. The topological polar surface area (TPSA) is 119 Å². The van der Waals surface area contributed by atoms with Crippen LogP contribution in [0.4, 0.5) is 20.4 Å². The van der Waals surface area contributed by atoms with Crippen LogP contribution in [0.2, 0.25) is 5.02 Å². The van der Waals surface area contributed by atoms with E-state index in [0.29, 0.717) is 10.7 Å². The SMILES string of the molecule is Cc1ccc(N/N=C\C=N)c(C(=O)N2CC(F)(F)CC(C)C2CNc2ncc(Cl)cn2)n1. The number of carbonyl (C=O) groups excluding carboxylic acids is 1. The molecule has 1 saturated heterocycles. The quantitative estimate of drug-likeness (QED) is 0.426. The van der Waals surface area contributed by atoms with Crippen LogP contribution >= 0.6 is 11.6 Å². The highest BCUT2D eigenvalue weighted by molar-refractivity contribution is 6.30. The minimum Gasteiger partial charge on any atom is -0.352 e. The summed E-state index contributed by atoms with van der Waals surface area (Å²) in [4.78, 5) is 26.9. The largest absolute Gasteiger partial charge is 0.352 e. The maximum absolute atomic E-state index is 14.5. The van der Waals surface area contributed by atoms with Crippen molar-refractivity contribution >= 4 is 41.6 Å². The zero-order chi connectivity index (χ0) is 23.3. The molecule has 12 heteroatoms. The maximum Gasteiger partial charge on any atom is 0.275 e. The molecule has 2 atom stereocenters. The summed E-state index contributed by atoms with van der Waals surface area (Å²) in [6, 6.07) is 2.71. The van der Waals surface area contributed by atoms with E-state index in [1.54, 1.807) is 26.0 Å². The highest BCUT2D eigenvalue weighted by atomic mass is 35.5. The van der Waals surface area contributed by atoms with Gasteiger partial charge < -0.3 is 15.6 Å². The normalized spacial score (nSPS) is 20.2. The van der Waals surface area contributed by atoms with Crippen molar-refractivity contribution in [2.24, 2.45) is 11.0 Å². The van der Waals surface area contributed by atoms with Gasteiger partial charge >= 0.3 is 0 Å². The van der Waals surface area contributed by atoms with Crippen molar-refractivity contribution in [1.29, 1.82) is 5.41 Å². The molecule has 1 aliphatic heterocycles. The fourth-order valence-corrected chi connectivity index (χ4v) is 3.67. The maximum atomic E-state index is 14.5. The van der Waals surface area contributed by atoms with Crippen molar-refractivity contribution in [2.75, 3.05) is 23.8 Å². The van der Waals surface area contributed by atoms with E-state index >= 15 is 0 Å². The lowest BCUT2D eigenvalue weighted by atomic mass is 9.88. The first kappa shape index (κ1) is 23.5. The number of aromatic nitrogens is 3. The molecule has 3 N–H and O–H groups in total. The van der Waals surface area contributed by atoms with Gasteiger partial charge in [-0.05, 0) is 25.0 Å². The molecule has 9 nitrogen and oxygen atoms in total. The highest BCUT2D eigenvalue weighted by Gasteiger charge is 2.46. The van der Waals surface area contributed by atoms with Crippen molar-refractivity contribution in [2.45, 2.75) is 32.2 Å². The Morgan fingerprint density at radius 3 is 2.81 bits per heavy atom. The molecule has 0 radical (unpaired) electrons. The molecule has 0 aliphatic carbocycles. The molecule has 170 valence electrons. The Balaban J connectivity index is 1.89. The molecule has 1 fully saturated rings. The lowest BCUT2D eigenvalue weighted by molar-refractivity contribution is -0.0898. The second-order valence-electron chi connectivity index (χ2n) is 7.55. The van der Waals surface area contributed by atoms with Gasteiger partial charge in [0.25, 0.3) is 11.8 Å². The molecule has 1 aliphatic rings. The van der Waals surface area contributed by atoms with Crippen LogP contribution in [0.25, 0.3) is 0 Å². The standard InChI is InChI=1S/C20H23ClF2N8O/c1-12-7-20(22,23)11-31(16(12)10-27-19-25-8-14(21)9-26-19)18(32)17-15(30-28-6-5-24)4-3-13(2)29-17/h3-6,8-9,12,16,24,30H,7,10-11H2,1-2H3,(H,25,26,27)/b24-5?,28-6-. The number of likely N-dealkylation sites (tertiary alicyclic amines) is 1.